The normalized spacial score (nSPS) is 12.4. The van der Waals surface area contributed by atoms with Crippen LogP contribution in [0, 0.1) is 4.64 Å². The molecule has 0 amide bonds. The third kappa shape index (κ3) is 2.03. The number of aromatic amines is 1. The van der Waals surface area contributed by atoms with Crippen molar-refractivity contribution < 1.29 is 0 Å². The van der Waals surface area contributed by atoms with Crippen molar-refractivity contribution >= 4 is 12.2 Å². The molecule has 0 unspecified atom stereocenters. The summed E-state index contributed by atoms with van der Waals surface area (Å²) in [4.78, 5) is 2.94. The molecule has 2 nitrogen and oxygen atoms in total. The first-order valence-corrected chi connectivity index (χ1v) is 4.20. The molecule has 1 atom stereocenters. The molecular weight excluding hydrogens is 168 g/mol. The van der Waals surface area contributed by atoms with Gasteiger partial charge in [0, 0.05) is 17.8 Å². The lowest BCUT2D eigenvalue weighted by Gasteiger charge is -2.08. The van der Waals surface area contributed by atoms with Crippen LogP contribution in [-0.2, 0) is 0 Å². The molecule has 0 aliphatic rings. The average molecular weight is 180 g/mol. The van der Waals surface area contributed by atoms with Gasteiger partial charge >= 0.3 is 0 Å². The van der Waals surface area contributed by atoms with Crippen molar-refractivity contribution in [3.8, 4) is 0 Å². The monoisotopic (exact) mass is 180 g/mol. The number of nitrogens with two attached hydrogens (primary N) is 1. The topological polar surface area (TPSA) is 41.8 Å². The Morgan fingerprint density at radius 1 is 1.75 bits per heavy atom. The van der Waals surface area contributed by atoms with Gasteiger partial charge in [0.1, 0.15) is 4.64 Å². The van der Waals surface area contributed by atoms with Crippen LogP contribution in [0.2, 0.25) is 0 Å². The van der Waals surface area contributed by atoms with E-state index >= 15 is 0 Å². The second-order valence-electron chi connectivity index (χ2n) is 2.59. The Labute approximate surface area is 77.1 Å². The van der Waals surface area contributed by atoms with Crippen LogP contribution >= 0.6 is 12.2 Å². The fourth-order valence-electron chi connectivity index (χ4n) is 1.03. The summed E-state index contributed by atoms with van der Waals surface area (Å²) < 4.78 is 0.715. The number of H-pyrrole nitrogens is 1. The zero-order valence-electron chi connectivity index (χ0n) is 6.79. The minimum atomic E-state index is -0.0348. The highest BCUT2D eigenvalue weighted by molar-refractivity contribution is 7.71. The molecule has 0 bridgehead atoms. The van der Waals surface area contributed by atoms with Crippen LogP contribution in [0.25, 0.3) is 0 Å². The quantitative estimate of drug-likeness (QED) is 0.553. The highest BCUT2D eigenvalue weighted by atomic mass is 32.1. The van der Waals surface area contributed by atoms with E-state index < -0.39 is 0 Å². The molecule has 0 aromatic carbocycles. The fraction of sp³-hybridized carbons (Fsp3) is 0.222. The molecule has 3 N–H and O–H groups in total. The molecule has 3 heteroatoms. The Morgan fingerprint density at radius 3 is 3.08 bits per heavy atom. The second-order valence-corrected chi connectivity index (χ2v) is 2.99. The SMILES string of the molecule is C=CC[C@@H](N)c1ccc[nH]c1=S. The van der Waals surface area contributed by atoms with Crippen molar-refractivity contribution in [2.24, 2.45) is 5.73 Å². The molecule has 0 saturated heterocycles. The van der Waals surface area contributed by atoms with Gasteiger partial charge in [-0.15, -0.1) is 6.58 Å². The van der Waals surface area contributed by atoms with E-state index in [0.29, 0.717) is 4.64 Å². The zero-order chi connectivity index (χ0) is 8.97. The summed E-state index contributed by atoms with van der Waals surface area (Å²) in [6.45, 7) is 3.63. The average Bonchev–Trinajstić information content (AvgIpc) is 2.05. The van der Waals surface area contributed by atoms with Crippen molar-refractivity contribution in [2.75, 3.05) is 0 Å². The maximum absolute atomic E-state index is 5.85. The first-order valence-electron chi connectivity index (χ1n) is 3.79. The molecule has 1 heterocycles. The van der Waals surface area contributed by atoms with Gasteiger partial charge in [-0.3, -0.25) is 0 Å². The van der Waals surface area contributed by atoms with E-state index in [9.17, 15) is 0 Å². The van der Waals surface area contributed by atoms with E-state index in [-0.39, 0.29) is 6.04 Å². The van der Waals surface area contributed by atoms with Crippen molar-refractivity contribution in [2.45, 2.75) is 12.5 Å². The lowest BCUT2D eigenvalue weighted by molar-refractivity contribution is 0.734. The van der Waals surface area contributed by atoms with Gasteiger partial charge in [-0.2, -0.15) is 0 Å². The van der Waals surface area contributed by atoms with Gasteiger partial charge in [0.2, 0.25) is 0 Å². The van der Waals surface area contributed by atoms with E-state index in [1.807, 2.05) is 12.1 Å². The molecule has 0 radical (unpaired) electrons. The lowest BCUT2D eigenvalue weighted by Crippen LogP contribution is -2.09. The maximum Gasteiger partial charge on any atom is 0.108 e. The minimum Gasteiger partial charge on any atom is -0.353 e. The number of pyridine rings is 1. The summed E-state index contributed by atoms with van der Waals surface area (Å²) >= 11 is 5.07. The van der Waals surface area contributed by atoms with Gasteiger partial charge in [-0.1, -0.05) is 24.4 Å². The lowest BCUT2D eigenvalue weighted by atomic mass is 10.1. The minimum absolute atomic E-state index is 0.0348. The summed E-state index contributed by atoms with van der Waals surface area (Å²) in [7, 11) is 0. The van der Waals surface area contributed by atoms with E-state index in [0.717, 1.165) is 12.0 Å². The smallest absolute Gasteiger partial charge is 0.108 e. The Kier molecular flexibility index (Phi) is 3.19. The molecule has 12 heavy (non-hydrogen) atoms. The Hall–Kier alpha value is -0.930. The number of hydrogen-bond donors (Lipinski definition) is 2. The van der Waals surface area contributed by atoms with E-state index in [1.165, 1.54) is 0 Å². The third-order valence-electron chi connectivity index (χ3n) is 1.67. The Bertz CT molecular complexity index is 316. The van der Waals surface area contributed by atoms with Crippen LogP contribution in [0.5, 0.6) is 0 Å². The fourth-order valence-corrected chi connectivity index (χ4v) is 1.32. The molecule has 0 saturated carbocycles. The summed E-state index contributed by atoms with van der Waals surface area (Å²) in [6.07, 6.45) is 4.35. The molecular formula is C9H12N2S. The molecule has 0 fully saturated rings. The van der Waals surface area contributed by atoms with Crippen LogP contribution in [0.1, 0.15) is 18.0 Å². The Morgan fingerprint density at radius 2 is 2.50 bits per heavy atom. The number of rotatable bonds is 3. The highest BCUT2D eigenvalue weighted by Crippen LogP contribution is 2.13. The zero-order valence-corrected chi connectivity index (χ0v) is 7.60. The van der Waals surface area contributed by atoms with Crippen LogP contribution in [0.4, 0.5) is 0 Å². The molecule has 0 aliphatic carbocycles. The summed E-state index contributed by atoms with van der Waals surface area (Å²) in [5, 5.41) is 0. The standard InChI is InChI=1S/C9H12N2S/c1-2-4-8(10)7-5-3-6-11-9(7)12/h2-3,5-6,8H,1,4,10H2,(H,11,12)/t8-/m1/s1. The number of hydrogen-bond acceptors (Lipinski definition) is 2. The molecule has 1 aromatic heterocycles. The Balaban J connectivity index is 2.94. The number of aromatic nitrogens is 1. The molecule has 64 valence electrons. The van der Waals surface area contributed by atoms with Crippen molar-refractivity contribution in [3.05, 3.63) is 41.2 Å². The first-order chi connectivity index (χ1) is 5.75. The molecule has 1 rings (SSSR count). The maximum atomic E-state index is 5.85. The van der Waals surface area contributed by atoms with E-state index in [2.05, 4.69) is 11.6 Å². The van der Waals surface area contributed by atoms with Gasteiger partial charge in [-0.05, 0) is 12.5 Å². The van der Waals surface area contributed by atoms with Gasteiger partial charge in [0.05, 0.1) is 0 Å². The largest absolute Gasteiger partial charge is 0.353 e. The van der Waals surface area contributed by atoms with Crippen LogP contribution in [0.3, 0.4) is 0 Å². The summed E-state index contributed by atoms with van der Waals surface area (Å²) in [5.41, 5.74) is 6.83. The van der Waals surface area contributed by atoms with E-state index in [4.69, 9.17) is 18.0 Å². The van der Waals surface area contributed by atoms with Crippen LogP contribution < -0.4 is 5.73 Å². The molecule has 1 aromatic rings. The van der Waals surface area contributed by atoms with Gasteiger partial charge in [0.25, 0.3) is 0 Å². The summed E-state index contributed by atoms with van der Waals surface area (Å²) in [6, 6.07) is 3.80. The highest BCUT2D eigenvalue weighted by Gasteiger charge is 2.04. The second kappa shape index (κ2) is 4.18. The van der Waals surface area contributed by atoms with Gasteiger partial charge in [0.15, 0.2) is 0 Å². The van der Waals surface area contributed by atoms with Crippen LogP contribution in [0.15, 0.2) is 31.0 Å². The van der Waals surface area contributed by atoms with Crippen LogP contribution in [-0.4, -0.2) is 4.98 Å². The summed E-state index contributed by atoms with van der Waals surface area (Å²) in [5.74, 6) is 0. The van der Waals surface area contributed by atoms with Gasteiger partial charge in [-0.25, -0.2) is 0 Å². The third-order valence-corrected chi connectivity index (χ3v) is 2.02. The molecule has 0 aliphatic heterocycles. The molecule has 0 spiro atoms. The van der Waals surface area contributed by atoms with E-state index in [1.54, 1.807) is 12.3 Å². The number of nitrogens with one attached hydrogen (secondary N) is 1. The van der Waals surface area contributed by atoms with Crippen molar-refractivity contribution in [1.29, 1.82) is 0 Å². The predicted octanol–water partition coefficient (Wildman–Crippen LogP) is 2.32. The van der Waals surface area contributed by atoms with Gasteiger partial charge < -0.3 is 10.7 Å². The predicted molar refractivity (Wildman–Crippen MR) is 53.4 cm³/mol. The first kappa shape index (κ1) is 9.16. The van der Waals surface area contributed by atoms with Crippen molar-refractivity contribution in [1.82, 2.24) is 4.98 Å². The van der Waals surface area contributed by atoms with Crippen molar-refractivity contribution in [3.63, 3.8) is 0 Å².